The summed E-state index contributed by atoms with van der Waals surface area (Å²) in [5.41, 5.74) is 1.18. The van der Waals surface area contributed by atoms with Gasteiger partial charge >= 0.3 is 5.97 Å². The Morgan fingerprint density at radius 3 is 2.23 bits per heavy atom. The topological polar surface area (TPSA) is 84.5 Å². The van der Waals surface area contributed by atoms with Crippen LogP contribution in [0.25, 0.3) is 0 Å². The average molecular weight is 362 g/mol. The highest BCUT2D eigenvalue weighted by molar-refractivity contribution is 5.90. The van der Waals surface area contributed by atoms with Crippen molar-refractivity contribution in [1.29, 1.82) is 0 Å². The molecule has 0 aliphatic carbocycles. The van der Waals surface area contributed by atoms with Gasteiger partial charge in [-0.15, -0.1) is 0 Å². The third-order valence-electron chi connectivity index (χ3n) is 4.00. The summed E-state index contributed by atoms with van der Waals surface area (Å²) in [5.74, 6) is -0.877. The molecular weight excluding hydrogens is 332 g/mol. The lowest BCUT2D eigenvalue weighted by Gasteiger charge is -2.23. The lowest BCUT2D eigenvalue weighted by molar-refractivity contribution is -0.145. The van der Waals surface area contributed by atoms with Crippen LogP contribution in [0, 0.1) is 5.92 Å². The number of amides is 2. The number of hydrogen-bond acceptors (Lipinski definition) is 4. The fourth-order valence-corrected chi connectivity index (χ4v) is 2.77. The number of nitrogens with one attached hydrogen (secondary N) is 2. The van der Waals surface area contributed by atoms with Gasteiger partial charge in [-0.05, 0) is 37.2 Å². The summed E-state index contributed by atoms with van der Waals surface area (Å²) in [6.45, 7) is 5.32. The molecule has 1 aromatic rings. The molecule has 0 aromatic heterocycles. The molecule has 6 nitrogen and oxygen atoms in total. The monoisotopic (exact) mass is 362 g/mol. The van der Waals surface area contributed by atoms with E-state index in [1.54, 1.807) is 0 Å². The number of methoxy groups -OCH3 is 1. The van der Waals surface area contributed by atoms with Gasteiger partial charge in [0.2, 0.25) is 11.8 Å². The van der Waals surface area contributed by atoms with E-state index >= 15 is 0 Å². The summed E-state index contributed by atoms with van der Waals surface area (Å²) in [5, 5.41) is 5.39. The first-order chi connectivity index (χ1) is 12.3. The first-order valence-corrected chi connectivity index (χ1v) is 9.02. The second-order valence-electron chi connectivity index (χ2n) is 6.84. The van der Waals surface area contributed by atoms with Crippen LogP contribution in [0.4, 0.5) is 0 Å². The Balaban J connectivity index is 2.67. The fraction of sp³-hybridized carbons (Fsp3) is 0.550. The molecule has 26 heavy (non-hydrogen) atoms. The summed E-state index contributed by atoms with van der Waals surface area (Å²) < 4.78 is 4.82. The van der Waals surface area contributed by atoms with Gasteiger partial charge in [-0.25, -0.2) is 4.79 Å². The van der Waals surface area contributed by atoms with Gasteiger partial charge in [0.15, 0.2) is 0 Å². The van der Waals surface area contributed by atoms with E-state index in [1.165, 1.54) is 19.6 Å². The van der Waals surface area contributed by atoms with Crippen molar-refractivity contribution in [1.82, 2.24) is 10.6 Å². The van der Waals surface area contributed by atoms with E-state index in [2.05, 4.69) is 10.6 Å². The molecule has 0 saturated heterocycles. The zero-order valence-electron chi connectivity index (χ0n) is 16.1. The van der Waals surface area contributed by atoms with Crippen molar-refractivity contribution in [2.24, 2.45) is 5.92 Å². The number of aryl methyl sites for hydroxylation is 1. The van der Waals surface area contributed by atoms with Gasteiger partial charge in [0.25, 0.3) is 0 Å². The maximum absolute atomic E-state index is 12.5. The van der Waals surface area contributed by atoms with Gasteiger partial charge in [0.05, 0.1) is 7.11 Å². The molecule has 6 heteroatoms. The maximum atomic E-state index is 12.5. The van der Waals surface area contributed by atoms with Crippen LogP contribution in [0.3, 0.4) is 0 Å². The lowest BCUT2D eigenvalue weighted by Crippen LogP contribution is -2.51. The van der Waals surface area contributed by atoms with Crippen molar-refractivity contribution >= 4 is 17.8 Å². The Labute approximate surface area is 155 Å². The molecule has 2 atom stereocenters. The Hall–Kier alpha value is -2.37. The van der Waals surface area contributed by atoms with Gasteiger partial charge in [-0.1, -0.05) is 44.2 Å². The summed E-state index contributed by atoms with van der Waals surface area (Å²) in [7, 11) is 1.30. The molecule has 0 aliphatic rings. The molecule has 0 saturated carbocycles. The Bertz CT molecular complexity index is 587. The molecule has 144 valence electrons. The molecule has 0 unspecified atom stereocenters. The van der Waals surface area contributed by atoms with Gasteiger partial charge in [-0.3, -0.25) is 9.59 Å². The molecule has 0 spiro atoms. The molecule has 1 aromatic carbocycles. The fourth-order valence-electron chi connectivity index (χ4n) is 2.77. The van der Waals surface area contributed by atoms with E-state index in [4.69, 9.17) is 4.74 Å². The smallest absolute Gasteiger partial charge is 0.328 e. The van der Waals surface area contributed by atoms with E-state index in [0.29, 0.717) is 12.8 Å². The second kappa shape index (κ2) is 11.3. The zero-order valence-corrected chi connectivity index (χ0v) is 16.1. The molecule has 1 rings (SSSR count). The number of benzene rings is 1. The highest BCUT2D eigenvalue weighted by atomic mass is 16.5. The van der Waals surface area contributed by atoms with Crippen LogP contribution in [0.1, 0.15) is 45.6 Å². The van der Waals surface area contributed by atoms with Crippen LogP contribution >= 0.6 is 0 Å². The number of carbonyl (C=O) groups excluding carboxylic acids is 3. The van der Waals surface area contributed by atoms with E-state index in [1.807, 2.05) is 44.2 Å². The lowest BCUT2D eigenvalue weighted by atomic mass is 10.0. The van der Waals surface area contributed by atoms with Gasteiger partial charge < -0.3 is 15.4 Å². The first kappa shape index (κ1) is 21.7. The highest BCUT2D eigenvalue weighted by Crippen LogP contribution is 2.10. The third kappa shape index (κ3) is 8.14. The Kier molecular flexibility index (Phi) is 9.41. The minimum Gasteiger partial charge on any atom is -0.467 e. The number of esters is 1. The van der Waals surface area contributed by atoms with Gasteiger partial charge in [-0.2, -0.15) is 0 Å². The van der Waals surface area contributed by atoms with Crippen LogP contribution in [0.2, 0.25) is 0 Å². The number of hydrogen-bond donors (Lipinski definition) is 2. The van der Waals surface area contributed by atoms with Crippen LogP contribution in [0.15, 0.2) is 30.3 Å². The van der Waals surface area contributed by atoms with E-state index in [9.17, 15) is 14.4 Å². The first-order valence-electron chi connectivity index (χ1n) is 9.02. The van der Waals surface area contributed by atoms with Crippen molar-refractivity contribution in [2.75, 3.05) is 7.11 Å². The SMILES string of the molecule is COC(=O)[C@H](CCCc1ccccc1)NC(=O)[C@H](CC(C)C)NC(C)=O. The number of carbonyl (C=O) groups is 3. The standard InChI is InChI=1S/C20H30N2O4/c1-14(2)13-18(21-15(3)23)19(24)22-17(20(25)26-4)12-8-11-16-9-6-5-7-10-16/h5-7,9-10,14,17-18H,8,11-13H2,1-4H3,(H,21,23)(H,22,24)/t17-,18-/m0/s1. The van der Waals surface area contributed by atoms with E-state index < -0.39 is 18.1 Å². The number of rotatable bonds is 10. The third-order valence-corrected chi connectivity index (χ3v) is 4.00. The maximum Gasteiger partial charge on any atom is 0.328 e. The van der Waals surface area contributed by atoms with Crippen molar-refractivity contribution in [3.05, 3.63) is 35.9 Å². The van der Waals surface area contributed by atoms with Gasteiger partial charge in [0.1, 0.15) is 12.1 Å². The molecule has 0 bridgehead atoms. The largest absolute Gasteiger partial charge is 0.467 e. The Morgan fingerprint density at radius 2 is 1.69 bits per heavy atom. The van der Waals surface area contributed by atoms with E-state index in [0.717, 1.165) is 12.8 Å². The molecule has 2 N–H and O–H groups in total. The minimum absolute atomic E-state index is 0.229. The predicted molar refractivity (Wildman–Crippen MR) is 100 cm³/mol. The molecule has 0 radical (unpaired) electrons. The predicted octanol–water partition coefficient (Wildman–Crippen LogP) is 2.22. The van der Waals surface area contributed by atoms with Gasteiger partial charge in [0, 0.05) is 6.92 Å². The van der Waals surface area contributed by atoms with Crippen LogP contribution < -0.4 is 10.6 Å². The van der Waals surface area contributed by atoms with Crippen LogP contribution in [-0.4, -0.2) is 37.0 Å². The molecule has 2 amide bonds. The normalized spacial score (nSPS) is 13.0. The summed E-state index contributed by atoms with van der Waals surface area (Å²) in [6, 6.07) is 8.58. The molecule has 0 fully saturated rings. The molecule has 0 aliphatic heterocycles. The molecular formula is C20H30N2O4. The van der Waals surface area contributed by atoms with Crippen LogP contribution in [0.5, 0.6) is 0 Å². The zero-order chi connectivity index (χ0) is 19.5. The quantitative estimate of drug-likeness (QED) is 0.625. The van der Waals surface area contributed by atoms with Crippen molar-refractivity contribution in [2.45, 2.75) is 58.5 Å². The van der Waals surface area contributed by atoms with Crippen molar-refractivity contribution in [3.63, 3.8) is 0 Å². The Morgan fingerprint density at radius 1 is 1.04 bits per heavy atom. The summed E-state index contributed by atoms with van der Waals surface area (Å²) in [6.07, 6.45) is 2.52. The summed E-state index contributed by atoms with van der Waals surface area (Å²) >= 11 is 0. The van der Waals surface area contributed by atoms with E-state index in [-0.39, 0.29) is 17.7 Å². The molecule has 0 heterocycles. The van der Waals surface area contributed by atoms with Crippen molar-refractivity contribution in [3.8, 4) is 0 Å². The van der Waals surface area contributed by atoms with Crippen molar-refractivity contribution < 1.29 is 19.1 Å². The van der Waals surface area contributed by atoms with Crippen LogP contribution in [-0.2, 0) is 25.5 Å². The minimum atomic E-state index is -0.723. The average Bonchev–Trinajstić information content (AvgIpc) is 2.59. The summed E-state index contributed by atoms with van der Waals surface area (Å²) in [4.78, 5) is 35.9. The second-order valence-corrected chi connectivity index (χ2v) is 6.84. The highest BCUT2D eigenvalue weighted by Gasteiger charge is 2.27. The number of ether oxygens (including phenoxy) is 1.